The lowest BCUT2D eigenvalue weighted by Gasteiger charge is -2.17. The average molecular weight is 420 g/mol. The number of nitrogens with zero attached hydrogens (tertiary/aromatic N) is 4. The molecule has 1 aromatic heterocycles. The van der Waals surface area contributed by atoms with E-state index in [0.29, 0.717) is 35.8 Å². The summed E-state index contributed by atoms with van der Waals surface area (Å²) in [7, 11) is 0. The van der Waals surface area contributed by atoms with Gasteiger partial charge in [-0.2, -0.15) is 5.26 Å². The fraction of sp³-hybridized carbons (Fsp3) is 0.261. The van der Waals surface area contributed by atoms with E-state index in [2.05, 4.69) is 20.9 Å². The molecule has 0 spiro atoms. The van der Waals surface area contributed by atoms with Crippen LogP contribution < -0.4 is 5.32 Å². The minimum Gasteiger partial charge on any atom is -0.337 e. The number of imidazole rings is 1. The first kappa shape index (κ1) is 20.1. The third-order valence-corrected chi connectivity index (χ3v) is 5.62. The van der Waals surface area contributed by atoms with Gasteiger partial charge in [0.1, 0.15) is 0 Å². The summed E-state index contributed by atoms with van der Waals surface area (Å²) in [5, 5.41) is 13.1. The fourth-order valence-corrected chi connectivity index (χ4v) is 3.78. The molecule has 2 aromatic carbocycles. The quantitative estimate of drug-likeness (QED) is 0.664. The van der Waals surface area contributed by atoms with Crippen molar-refractivity contribution in [3.63, 3.8) is 0 Å². The van der Waals surface area contributed by atoms with Crippen LogP contribution in [0.1, 0.15) is 33.6 Å². The first-order valence-corrected chi connectivity index (χ1v) is 10.3. The normalized spacial score (nSPS) is 15.9. The van der Waals surface area contributed by atoms with Crippen LogP contribution >= 0.6 is 11.6 Å². The molecule has 4 rings (SSSR count). The van der Waals surface area contributed by atoms with Gasteiger partial charge in [-0.05, 0) is 48.4 Å². The van der Waals surface area contributed by atoms with Crippen LogP contribution in [0.4, 0.5) is 0 Å². The second kappa shape index (κ2) is 9.12. The minimum atomic E-state index is 0.0434. The van der Waals surface area contributed by atoms with Crippen LogP contribution in [-0.2, 0) is 13.1 Å². The van der Waals surface area contributed by atoms with Gasteiger partial charge in [0, 0.05) is 49.0 Å². The summed E-state index contributed by atoms with van der Waals surface area (Å²) < 4.78 is 2.10. The molecule has 30 heavy (non-hydrogen) atoms. The van der Waals surface area contributed by atoms with Crippen molar-refractivity contribution in [2.24, 2.45) is 0 Å². The molecule has 6 nitrogen and oxygen atoms in total. The molecule has 0 unspecified atom stereocenters. The van der Waals surface area contributed by atoms with Crippen LogP contribution in [0.25, 0.3) is 0 Å². The van der Waals surface area contributed by atoms with Crippen molar-refractivity contribution in [1.29, 1.82) is 5.26 Å². The van der Waals surface area contributed by atoms with E-state index in [0.717, 1.165) is 24.2 Å². The number of nitrogens with one attached hydrogen (secondary N) is 1. The molecule has 1 saturated heterocycles. The lowest BCUT2D eigenvalue weighted by atomic mass is 10.1. The number of likely N-dealkylation sites (tertiary alicyclic amines) is 1. The molecule has 0 radical (unpaired) electrons. The summed E-state index contributed by atoms with van der Waals surface area (Å²) in [6.45, 7) is 2.81. The zero-order valence-corrected chi connectivity index (χ0v) is 17.2. The number of halogens is 1. The van der Waals surface area contributed by atoms with Gasteiger partial charge in [0.2, 0.25) is 0 Å². The average Bonchev–Trinajstić information content (AvgIpc) is 3.42. The van der Waals surface area contributed by atoms with Crippen molar-refractivity contribution in [3.8, 4) is 6.07 Å². The second-order valence-electron chi connectivity index (χ2n) is 7.45. The van der Waals surface area contributed by atoms with Crippen molar-refractivity contribution >= 4 is 17.5 Å². The van der Waals surface area contributed by atoms with Crippen molar-refractivity contribution < 1.29 is 4.79 Å². The minimum absolute atomic E-state index is 0.0434. The van der Waals surface area contributed by atoms with Gasteiger partial charge in [-0.3, -0.25) is 4.79 Å². The highest BCUT2D eigenvalue weighted by atomic mass is 35.5. The molecule has 0 bridgehead atoms. The monoisotopic (exact) mass is 419 g/mol. The number of rotatable bonds is 6. The second-order valence-corrected chi connectivity index (χ2v) is 7.88. The van der Waals surface area contributed by atoms with Crippen LogP contribution in [0.15, 0.2) is 61.1 Å². The zero-order chi connectivity index (χ0) is 20.9. The molecular formula is C23H22ClN5O. The Morgan fingerprint density at radius 2 is 1.97 bits per heavy atom. The number of carbonyl (C=O) groups is 1. The lowest BCUT2D eigenvalue weighted by molar-refractivity contribution is 0.0789. The van der Waals surface area contributed by atoms with Gasteiger partial charge in [-0.15, -0.1) is 0 Å². The summed E-state index contributed by atoms with van der Waals surface area (Å²) in [6.07, 6.45) is 4.60. The van der Waals surface area contributed by atoms with E-state index >= 15 is 0 Å². The SMILES string of the molecule is N#Cc1ccc(Cn2cncc2CN[C@H]2CCN(C(=O)c3ccc(Cl)cc3)C2)cc1. The van der Waals surface area contributed by atoms with E-state index in [1.165, 1.54) is 0 Å². The topological polar surface area (TPSA) is 74.0 Å². The molecule has 1 aliphatic rings. The van der Waals surface area contributed by atoms with Crippen LogP contribution in [0, 0.1) is 11.3 Å². The summed E-state index contributed by atoms with van der Waals surface area (Å²) >= 11 is 5.91. The van der Waals surface area contributed by atoms with E-state index in [4.69, 9.17) is 16.9 Å². The Labute approximate surface area is 180 Å². The third-order valence-electron chi connectivity index (χ3n) is 5.37. The predicted octanol–water partition coefficient (Wildman–Crippen LogP) is 3.46. The number of carbonyl (C=O) groups excluding carboxylic acids is 1. The van der Waals surface area contributed by atoms with E-state index in [9.17, 15) is 4.79 Å². The first-order valence-electron chi connectivity index (χ1n) is 9.88. The fourth-order valence-electron chi connectivity index (χ4n) is 3.65. The van der Waals surface area contributed by atoms with Crippen LogP contribution in [0.2, 0.25) is 5.02 Å². The molecule has 0 aliphatic carbocycles. The van der Waals surface area contributed by atoms with E-state index in [1.54, 1.807) is 24.3 Å². The van der Waals surface area contributed by atoms with Gasteiger partial charge in [-0.1, -0.05) is 23.7 Å². The van der Waals surface area contributed by atoms with Gasteiger partial charge >= 0.3 is 0 Å². The maximum atomic E-state index is 12.7. The van der Waals surface area contributed by atoms with Gasteiger partial charge in [-0.25, -0.2) is 4.98 Å². The standard InChI is InChI=1S/C23H22ClN5O/c24-20-7-5-19(6-8-20)23(30)28-10-9-21(15-28)27-13-22-12-26-16-29(22)14-18-3-1-17(11-25)2-4-18/h1-8,12,16,21,27H,9-10,13-15H2/t21-/m0/s1. The number of amides is 1. The zero-order valence-electron chi connectivity index (χ0n) is 16.5. The molecule has 0 saturated carbocycles. The molecule has 7 heteroatoms. The van der Waals surface area contributed by atoms with Gasteiger partial charge < -0.3 is 14.8 Å². The first-order chi connectivity index (χ1) is 14.6. The summed E-state index contributed by atoms with van der Waals surface area (Å²) in [4.78, 5) is 18.8. The summed E-state index contributed by atoms with van der Waals surface area (Å²) in [6, 6.07) is 17.0. The van der Waals surface area contributed by atoms with Crippen LogP contribution in [0.3, 0.4) is 0 Å². The third kappa shape index (κ3) is 4.70. The van der Waals surface area contributed by atoms with Crippen molar-refractivity contribution in [2.75, 3.05) is 13.1 Å². The van der Waals surface area contributed by atoms with Crippen LogP contribution in [-0.4, -0.2) is 39.5 Å². The smallest absolute Gasteiger partial charge is 0.253 e. The Hall–Kier alpha value is -3.14. The Balaban J connectivity index is 1.31. The van der Waals surface area contributed by atoms with Crippen molar-refractivity contribution in [3.05, 3.63) is 88.5 Å². The molecule has 3 aromatic rings. The highest BCUT2D eigenvalue weighted by Gasteiger charge is 2.26. The lowest BCUT2D eigenvalue weighted by Crippen LogP contribution is -2.35. The molecule has 2 heterocycles. The number of hydrogen-bond donors (Lipinski definition) is 1. The summed E-state index contributed by atoms with van der Waals surface area (Å²) in [5.41, 5.74) is 3.53. The molecule has 1 amide bonds. The van der Waals surface area contributed by atoms with Crippen LogP contribution in [0.5, 0.6) is 0 Å². The number of nitriles is 1. The number of aromatic nitrogens is 2. The number of hydrogen-bond acceptors (Lipinski definition) is 4. The van der Waals surface area contributed by atoms with Crippen molar-refractivity contribution in [1.82, 2.24) is 19.8 Å². The predicted molar refractivity (Wildman–Crippen MR) is 115 cm³/mol. The maximum absolute atomic E-state index is 12.7. The highest BCUT2D eigenvalue weighted by molar-refractivity contribution is 6.30. The Bertz CT molecular complexity index is 1050. The Morgan fingerprint density at radius 3 is 2.70 bits per heavy atom. The molecule has 1 fully saturated rings. The molecule has 1 N–H and O–H groups in total. The highest BCUT2D eigenvalue weighted by Crippen LogP contribution is 2.17. The largest absolute Gasteiger partial charge is 0.337 e. The molecule has 152 valence electrons. The van der Waals surface area contributed by atoms with Gasteiger partial charge in [0.25, 0.3) is 5.91 Å². The Morgan fingerprint density at radius 1 is 1.20 bits per heavy atom. The number of benzene rings is 2. The maximum Gasteiger partial charge on any atom is 0.253 e. The molecule has 1 aliphatic heterocycles. The van der Waals surface area contributed by atoms with Crippen molar-refractivity contribution in [2.45, 2.75) is 25.6 Å². The summed E-state index contributed by atoms with van der Waals surface area (Å²) in [5.74, 6) is 0.0434. The molecule has 1 atom stereocenters. The van der Waals surface area contributed by atoms with E-state index < -0.39 is 0 Å². The van der Waals surface area contributed by atoms with E-state index in [1.807, 2.05) is 41.7 Å². The van der Waals surface area contributed by atoms with Gasteiger partial charge in [0.05, 0.1) is 23.7 Å². The molecular weight excluding hydrogens is 398 g/mol. The Kier molecular flexibility index (Phi) is 6.12. The van der Waals surface area contributed by atoms with Gasteiger partial charge in [0.15, 0.2) is 0 Å². The van der Waals surface area contributed by atoms with E-state index in [-0.39, 0.29) is 11.9 Å².